The second kappa shape index (κ2) is 7.01. The number of nitrogen functional groups attached to an aromatic ring is 1. The van der Waals surface area contributed by atoms with Crippen molar-refractivity contribution in [1.29, 1.82) is 0 Å². The maximum Gasteiger partial charge on any atom is 0.244 e. The van der Waals surface area contributed by atoms with E-state index in [1.165, 1.54) is 31.5 Å². The topological polar surface area (TPSA) is 97.1 Å². The van der Waals surface area contributed by atoms with Crippen molar-refractivity contribution in [2.24, 2.45) is 5.84 Å². The zero-order chi connectivity index (χ0) is 14.4. The first-order valence-corrected chi connectivity index (χ1v) is 8.56. The summed E-state index contributed by atoms with van der Waals surface area (Å²) in [4.78, 5) is 4.04. The van der Waals surface area contributed by atoms with E-state index in [9.17, 15) is 8.42 Å². The van der Waals surface area contributed by atoms with Crippen molar-refractivity contribution >= 4 is 15.8 Å². The van der Waals surface area contributed by atoms with Crippen molar-refractivity contribution in [3.63, 3.8) is 0 Å². The third-order valence-electron chi connectivity index (χ3n) is 3.62. The fourth-order valence-electron chi connectivity index (χ4n) is 2.57. The highest BCUT2D eigenvalue weighted by atomic mass is 32.2. The molecule has 6 nitrogen and oxygen atoms in total. The monoisotopic (exact) mass is 298 g/mol. The second-order valence-corrected chi connectivity index (χ2v) is 6.84. The first-order valence-electron chi connectivity index (χ1n) is 7.07. The second-order valence-electron chi connectivity index (χ2n) is 5.16. The van der Waals surface area contributed by atoms with E-state index in [2.05, 4.69) is 15.1 Å². The molecule has 1 aromatic rings. The minimum atomic E-state index is -3.59. The van der Waals surface area contributed by atoms with Crippen LogP contribution >= 0.6 is 0 Å². The van der Waals surface area contributed by atoms with E-state index in [0.717, 1.165) is 25.7 Å². The number of hydrazine groups is 1. The summed E-state index contributed by atoms with van der Waals surface area (Å²) in [5.41, 5.74) is 2.33. The van der Waals surface area contributed by atoms with Gasteiger partial charge in [0.1, 0.15) is 4.90 Å². The number of pyridine rings is 1. The van der Waals surface area contributed by atoms with Crippen LogP contribution in [0.5, 0.6) is 0 Å². The first-order chi connectivity index (χ1) is 9.63. The van der Waals surface area contributed by atoms with Gasteiger partial charge in [-0.3, -0.25) is 0 Å². The van der Waals surface area contributed by atoms with E-state index in [4.69, 9.17) is 5.84 Å². The van der Waals surface area contributed by atoms with E-state index in [0.29, 0.717) is 0 Å². The Balaban J connectivity index is 2.13. The number of anilines is 1. The number of sulfonamides is 1. The van der Waals surface area contributed by atoms with Crippen LogP contribution in [0.4, 0.5) is 5.82 Å². The Bertz CT molecular complexity index is 525. The molecule has 0 amide bonds. The van der Waals surface area contributed by atoms with Crippen LogP contribution < -0.4 is 16.0 Å². The number of hydrogen-bond acceptors (Lipinski definition) is 5. The lowest BCUT2D eigenvalue weighted by molar-refractivity contribution is 0.426. The van der Waals surface area contributed by atoms with Crippen molar-refractivity contribution in [2.45, 2.75) is 55.9 Å². The van der Waals surface area contributed by atoms with E-state index in [1.807, 2.05) is 0 Å². The highest BCUT2D eigenvalue weighted by Gasteiger charge is 2.23. The molecular weight excluding hydrogens is 276 g/mol. The van der Waals surface area contributed by atoms with Crippen molar-refractivity contribution in [3.05, 3.63) is 18.3 Å². The average Bonchev–Trinajstić information content (AvgIpc) is 2.41. The molecule has 0 aliphatic heterocycles. The first kappa shape index (κ1) is 15.2. The maximum atomic E-state index is 12.4. The Morgan fingerprint density at radius 2 is 1.80 bits per heavy atom. The van der Waals surface area contributed by atoms with Crippen LogP contribution in [0.3, 0.4) is 0 Å². The molecule has 0 radical (unpaired) electrons. The number of nitrogens with one attached hydrogen (secondary N) is 2. The fourth-order valence-corrected chi connectivity index (χ4v) is 4.00. The van der Waals surface area contributed by atoms with Crippen LogP contribution in [-0.4, -0.2) is 19.4 Å². The number of aromatic nitrogens is 1. The molecule has 1 aliphatic rings. The molecule has 1 heterocycles. The largest absolute Gasteiger partial charge is 0.307 e. The maximum absolute atomic E-state index is 12.4. The summed E-state index contributed by atoms with van der Waals surface area (Å²) in [6.45, 7) is 0. The predicted molar refractivity (Wildman–Crippen MR) is 78.5 cm³/mol. The van der Waals surface area contributed by atoms with Gasteiger partial charge in [0.05, 0.1) is 0 Å². The van der Waals surface area contributed by atoms with Crippen molar-refractivity contribution in [2.75, 3.05) is 5.43 Å². The lowest BCUT2D eigenvalue weighted by Gasteiger charge is -2.21. The third-order valence-corrected chi connectivity index (χ3v) is 5.18. The van der Waals surface area contributed by atoms with E-state index >= 15 is 0 Å². The van der Waals surface area contributed by atoms with Crippen LogP contribution in [-0.2, 0) is 10.0 Å². The zero-order valence-electron chi connectivity index (χ0n) is 11.5. The standard InChI is InChI=1S/C13H22N4O2S/c14-16-13-12(9-6-10-15-13)20(18,19)17-11-7-4-2-1-3-5-8-11/h6,9-11,17H,1-5,7-8,14H2,(H,15,16). The molecule has 0 spiro atoms. The summed E-state index contributed by atoms with van der Waals surface area (Å²) >= 11 is 0. The van der Waals surface area contributed by atoms with Crippen LogP contribution in [0.25, 0.3) is 0 Å². The molecule has 112 valence electrons. The fraction of sp³-hybridized carbons (Fsp3) is 0.615. The van der Waals surface area contributed by atoms with Gasteiger partial charge in [-0.25, -0.2) is 24.0 Å². The van der Waals surface area contributed by atoms with Crippen LogP contribution in [0.2, 0.25) is 0 Å². The number of nitrogens with two attached hydrogens (primary N) is 1. The molecule has 2 rings (SSSR count). The van der Waals surface area contributed by atoms with Gasteiger partial charge in [-0.15, -0.1) is 0 Å². The third kappa shape index (κ3) is 3.91. The highest BCUT2D eigenvalue weighted by molar-refractivity contribution is 7.89. The lowest BCUT2D eigenvalue weighted by atomic mass is 9.97. The molecule has 4 N–H and O–H groups in total. The quantitative estimate of drug-likeness (QED) is 0.581. The van der Waals surface area contributed by atoms with Crippen molar-refractivity contribution < 1.29 is 8.42 Å². The minimum absolute atomic E-state index is 0.00568. The summed E-state index contributed by atoms with van der Waals surface area (Å²) in [5, 5.41) is 0. The van der Waals surface area contributed by atoms with Gasteiger partial charge in [0, 0.05) is 12.2 Å². The molecular formula is C13H22N4O2S. The van der Waals surface area contributed by atoms with Gasteiger partial charge >= 0.3 is 0 Å². The molecule has 0 atom stereocenters. The number of rotatable bonds is 4. The molecule has 0 aromatic carbocycles. The summed E-state index contributed by atoms with van der Waals surface area (Å²) < 4.78 is 27.7. The molecule has 1 saturated carbocycles. The lowest BCUT2D eigenvalue weighted by Crippen LogP contribution is -2.35. The Morgan fingerprint density at radius 1 is 1.15 bits per heavy atom. The zero-order valence-corrected chi connectivity index (χ0v) is 12.3. The molecule has 0 bridgehead atoms. The number of hydrogen-bond donors (Lipinski definition) is 3. The van der Waals surface area contributed by atoms with Crippen LogP contribution in [0, 0.1) is 0 Å². The Kier molecular flexibility index (Phi) is 5.33. The SMILES string of the molecule is NNc1ncccc1S(=O)(=O)NC1CCCCCCC1. The van der Waals surface area contributed by atoms with Crippen molar-refractivity contribution in [1.82, 2.24) is 9.71 Å². The Labute approximate surface area is 120 Å². The van der Waals surface area contributed by atoms with Gasteiger partial charge in [0.25, 0.3) is 0 Å². The van der Waals surface area contributed by atoms with E-state index in [1.54, 1.807) is 6.07 Å². The van der Waals surface area contributed by atoms with Gasteiger partial charge in [-0.05, 0) is 25.0 Å². The molecule has 0 saturated heterocycles. The number of nitrogens with zero attached hydrogens (tertiary/aromatic N) is 1. The highest BCUT2D eigenvalue weighted by Crippen LogP contribution is 2.21. The molecule has 7 heteroatoms. The Morgan fingerprint density at radius 3 is 2.45 bits per heavy atom. The summed E-state index contributed by atoms with van der Waals surface area (Å²) in [6, 6.07) is 3.10. The van der Waals surface area contributed by atoms with E-state index in [-0.39, 0.29) is 16.8 Å². The predicted octanol–water partition coefficient (Wildman–Crippen LogP) is 1.76. The van der Waals surface area contributed by atoms with Gasteiger partial charge in [-0.1, -0.05) is 32.1 Å². The van der Waals surface area contributed by atoms with Gasteiger partial charge in [0.2, 0.25) is 10.0 Å². The summed E-state index contributed by atoms with van der Waals surface area (Å²) in [5.74, 6) is 5.49. The smallest absolute Gasteiger partial charge is 0.244 e. The minimum Gasteiger partial charge on any atom is -0.307 e. The van der Waals surface area contributed by atoms with Crippen LogP contribution in [0.1, 0.15) is 44.9 Å². The summed E-state index contributed by atoms with van der Waals surface area (Å²) in [6.07, 6.45) is 9.05. The normalized spacial score (nSPS) is 18.2. The van der Waals surface area contributed by atoms with Crippen LogP contribution in [0.15, 0.2) is 23.2 Å². The van der Waals surface area contributed by atoms with Gasteiger partial charge < -0.3 is 5.43 Å². The molecule has 1 aromatic heterocycles. The summed E-state index contributed by atoms with van der Waals surface area (Å²) in [7, 11) is -3.59. The van der Waals surface area contributed by atoms with Gasteiger partial charge in [0.15, 0.2) is 5.82 Å². The molecule has 1 aliphatic carbocycles. The van der Waals surface area contributed by atoms with Crippen molar-refractivity contribution in [3.8, 4) is 0 Å². The average molecular weight is 298 g/mol. The van der Waals surface area contributed by atoms with E-state index < -0.39 is 10.0 Å². The van der Waals surface area contributed by atoms with Gasteiger partial charge in [-0.2, -0.15) is 0 Å². The molecule has 20 heavy (non-hydrogen) atoms. The Hall–Kier alpha value is -1.18. The molecule has 0 unspecified atom stereocenters. The molecule has 1 fully saturated rings.